The summed E-state index contributed by atoms with van der Waals surface area (Å²) in [5.74, 6) is 1.03. The zero-order valence-corrected chi connectivity index (χ0v) is 14.7. The first-order valence-corrected chi connectivity index (χ1v) is 8.62. The van der Waals surface area contributed by atoms with Gasteiger partial charge in [0.25, 0.3) is 10.0 Å². The van der Waals surface area contributed by atoms with Gasteiger partial charge in [0.2, 0.25) is 0 Å². The predicted octanol–water partition coefficient (Wildman–Crippen LogP) is 2.25. The Bertz CT molecular complexity index is 812. The van der Waals surface area contributed by atoms with Crippen molar-refractivity contribution in [2.75, 3.05) is 18.4 Å². The fourth-order valence-electron chi connectivity index (χ4n) is 2.36. The number of nitrogens with zero attached hydrogens (tertiary/aromatic N) is 2. The highest BCUT2D eigenvalue weighted by molar-refractivity contribution is 7.92. The Morgan fingerprint density at radius 2 is 1.96 bits per heavy atom. The summed E-state index contributed by atoms with van der Waals surface area (Å²) in [5.41, 5.74) is 1.43. The standard InChI is InChI=1S/C15H21N3O4S/c1-6-22-13-8-7-12(9-14(13)21-5)17-23(19,20)15-10(2)16-18(4)11(15)3/h7-9,17H,6H2,1-5H3. The van der Waals surface area contributed by atoms with Crippen LogP contribution in [0.3, 0.4) is 0 Å². The molecule has 2 rings (SSSR count). The summed E-state index contributed by atoms with van der Waals surface area (Å²) in [6.07, 6.45) is 0. The lowest BCUT2D eigenvalue weighted by atomic mass is 10.3. The van der Waals surface area contributed by atoms with Gasteiger partial charge in [-0.05, 0) is 32.9 Å². The first-order valence-electron chi connectivity index (χ1n) is 7.14. The van der Waals surface area contributed by atoms with Crippen LogP contribution in [0.15, 0.2) is 23.1 Å². The first-order chi connectivity index (χ1) is 10.8. The van der Waals surface area contributed by atoms with Crippen LogP contribution >= 0.6 is 0 Å². The van der Waals surface area contributed by atoms with Crippen LogP contribution in [0.4, 0.5) is 5.69 Å². The van der Waals surface area contributed by atoms with Gasteiger partial charge in [-0.2, -0.15) is 5.10 Å². The summed E-state index contributed by atoms with van der Waals surface area (Å²) in [5, 5.41) is 4.14. The minimum absolute atomic E-state index is 0.188. The highest BCUT2D eigenvalue weighted by Crippen LogP contribution is 2.31. The zero-order valence-electron chi connectivity index (χ0n) is 13.9. The van der Waals surface area contributed by atoms with Gasteiger partial charge in [-0.3, -0.25) is 9.40 Å². The Morgan fingerprint density at radius 1 is 1.26 bits per heavy atom. The molecular formula is C15H21N3O4S. The third-order valence-electron chi connectivity index (χ3n) is 3.43. The molecule has 0 spiro atoms. The normalized spacial score (nSPS) is 11.3. The van der Waals surface area contributed by atoms with E-state index in [0.29, 0.717) is 35.2 Å². The number of sulfonamides is 1. The Morgan fingerprint density at radius 3 is 2.48 bits per heavy atom. The quantitative estimate of drug-likeness (QED) is 0.873. The van der Waals surface area contributed by atoms with Crippen LogP contribution in [0.2, 0.25) is 0 Å². The first kappa shape index (κ1) is 17.1. The van der Waals surface area contributed by atoms with Crippen molar-refractivity contribution in [1.82, 2.24) is 9.78 Å². The van der Waals surface area contributed by atoms with Crippen LogP contribution in [-0.2, 0) is 17.1 Å². The molecule has 8 heteroatoms. The Hall–Kier alpha value is -2.22. The molecular weight excluding hydrogens is 318 g/mol. The van der Waals surface area contributed by atoms with E-state index in [9.17, 15) is 8.42 Å². The highest BCUT2D eigenvalue weighted by atomic mass is 32.2. The van der Waals surface area contributed by atoms with Gasteiger partial charge in [0.1, 0.15) is 4.90 Å². The average molecular weight is 339 g/mol. The molecule has 0 fully saturated rings. The molecule has 0 saturated carbocycles. The predicted molar refractivity (Wildman–Crippen MR) is 87.7 cm³/mol. The molecule has 0 aliphatic carbocycles. The van der Waals surface area contributed by atoms with Crippen LogP contribution in [-0.4, -0.2) is 31.9 Å². The van der Waals surface area contributed by atoms with E-state index in [1.54, 1.807) is 43.8 Å². The van der Waals surface area contributed by atoms with Crippen molar-refractivity contribution in [2.45, 2.75) is 25.7 Å². The minimum Gasteiger partial charge on any atom is -0.493 e. The summed E-state index contributed by atoms with van der Waals surface area (Å²) >= 11 is 0. The van der Waals surface area contributed by atoms with Crippen molar-refractivity contribution in [3.05, 3.63) is 29.6 Å². The third-order valence-corrected chi connectivity index (χ3v) is 5.06. The molecule has 0 bridgehead atoms. The molecule has 1 heterocycles. The second-order valence-corrected chi connectivity index (χ2v) is 6.65. The second kappa shape index (κ2) is 6.49. The van der Waals surface area contributed by atoms with E-state index in [-0.39, 0.29) is 4.90 Å². The number of nitrogens with one attached hydrogen (secondary N) is 1. The van der Waals surface area contributed by atoms with E-state index < -0.39 is 10.0 Å². The van der Waals surface area contributed by atoms with Crippen LogP contribution in [0.25, 0.3) is 0 Å². The molecule has 23 heavy (non-hydrogen) atoms. The van der Waals surface area contributed by atoms with Gasteiger partial charge in [-0.15, -0.1) is 0 Å². The molecule has 1 aromatic heterocycles. The van der Waals surface area contributed by atoms with E-state index in [1.165, 1.54) is 7.11 Å². The van der Waals surface area contributed by atoms with Gasteiger partial charge < -0.3 is 9.47 Å². The van der Waals surface area contributed by atoms with Crippen molar-refractivity contribution < 1.29 is 17.9 Å². The number of hydrogen-bond acceptors (Lipinski definition) is 5. The monoisotopic (exact) mass is 339 g/mol. The van der Waals surface area contributed by atoms with Gasteiger partial charge in [0.05, 0.1) is 30.8 Å². The van der Waals surface area contributed by atoms with E-state index in [4.69, 9.17) is 9.47 Å². The number of anilines is 1. The summed E-state index contributed by atoms with van der Waals surface area (Å²) in [6, 6.07) is 4.89. The summed E-state index contributed by atoms with van der Waals surface area (Å²) < 4.78 is 40.0. The number of aryl methyl sites for hydroxylation is 2. The number of aromatic nitrogens is 2. The maximum Gasteiger partial charge on any atom is 0.265 e. The van der Waals surface area contributed by atoms with Gasteiger partial charge in [0.15, 0.2) is 11.5 Å². The van der Waals surface area contributed by atoms with E-state index in [2.05, 4.69) is 9.82 Å². The molecule has 0 aliphatic rings. The smallest absolute Gasteiger partial charge is 0.265 e. The SMILES string of the molecule is CCOc1ccc(NS(=O)(=O)c2c(C)nn(C)c2C)cc1OC. The second-order valence-electron chi connectivity index (χ2n) is 5.03. The average Bonchev–Trinajstić information content (AvgIpc) is 2.74. The number of ether oxygens (including phenoxy) is 2. The molecule has 126 valence electrons. The molecule has 0 saturated heterocycles. The summed E-state index contributed by atoms with van der Waals surface area (Å²) in [4.78, 5) is 0.188. The van der Waals surface area contributed by atoms with Crippen LogP contribution in [0.1, 0.15) is 18.3 Å². The molecule has 0 aliphatic heterocycles. The molecule has 0 amide bonds. The van der Waals surface area contributed by atoms with E-state index in [1.807, 2.05) is 6.92 Å². The zero-order chi connectivity index (χ0) is 17.2. The summed E-state index contributed by atoms with van der Waals surface area (Å²) in [6.45, 7) is 5.74. The van der Waals surface area contributed by atoms with Crippen LogP contribution < -0.4 is 14.2 Å². The lowest BCUT2D eigenvalue weighted by molar-refractivity contribution is 0.311. The Kier molecular flexibility index (Phi) is 4.84. The van der Waals surface area contributed by atoms with Gasteiger partial charge in [0, 0.05) is 13.1 Å². The molecule has 0 atom stereocenters. The van der Waals surface area contributed by atoms with Crippen LogP contribution in [0, 0.1) is 13.8 Å². The van der Waals surface area contributed by atoms with Crippen molar-refractivity contribution in [1.29, 1.82) is 0 Å². The Balaban J connectivity index is 2.37. The molecule has 0 unspecified atom stereocenters. The number of hydrogen-bond donors (Lipinski definition) is 1. The van der Waals surface area contributed by atoms with E-state index >= 15 is 0 Å². The third kappa shape index (κ3) is 3.42. The van der Waals surface area contributed by atoms with Crippen molar-refractivity contribution in [2.24, 2.45) is 7.05 Å². The Labute approximate surface area is 136 Å². The van der Waals surface area contributed by atoms with Gasteiger partial charge >= 0.3 is 0 Å². The molecule has 1 N–H and O–H groups in total. The maximum absolute atomic E-state index is 12.6. The lowest BCUT2D eigenvalue weighted by Gasteiger charge is -2.13. The largest absolute Gasteiger partial charge is 0.493 e. The number of rotatable bonds is 6. The fraction of sp³-hybridized carbons (Fsp3) is 0.400. The van der Waals surface area contributed by atoms with Gasteiger partial charge in [-0.1, -0.05) is 0 Å². The molecule has 0 radical (unpaired) electrons. The maximum atomic E-state index is 12.6. The van der Waals surface area contributed by atoms with Crippen molar-refractivity contribution in [3.63, 3.8) is 0 Å². The highest BCUT2D eigenvalue weighted by Gasteiger charge is 2.24. The topological polar surface area (TPSA) is 82.5 Å². The number of benzene rings is 1. The lowest BCUT2D eigenvalue weighted by Crippen LogP contribution is -2.15. The van der Waals surface area contributed by atoms with Gasteiger partial charge in [-0.25, -0.2) is 8.42 Å². The molecule has 7 nitrogen and oxygen atoms in total. The van der Waals surface area contributed by atoms with Crippen molar-refractivity contribution in [3.8, 4) is 11.5 Å². The molecule has 2 aromatic rings. The van der Waals surface area contributed by atoms with Crippen molar-refractivity contribution >= 4 is 15.7 Å². The minimum atomic E-state index is -3.73. The fourth-order valence-corrected chi connectivity index (χ4v) is 3.85. The van der Waals surface area contributed by atoms with E-state index in [0.717, 1.165) is 0 Å². The molecule has 1 aromatic carbocycles. The number of methoxy groups -OCH3 is 1. The van der Waals surface area contributed by atoms with Crippen LogP contribution in [0.5, 0.6) is 11.5 Å². The summed E-state index contributed by atoms with van der Waals surface area (Å²) in [7, 11) is -0.519.